The number of carbonyl (C=O) groups is 2. The Hall–Kier alpha value is -2.91. The molecule has 2 amide bonds. The predicted octanol–water partition coefficient (Wildman–Crippen LogP) is 0.316. The summed E-state index contributed by atoms with van der Waals surface area (Å²) in [6.07, 6.45) is -1.18. The highest BCUT2D eigenvalue weighted by Crippen LogP contribution is 2.17. The predicted molar refractivity (Wildman–Crippen MR) is 104 cm³/mol. The van der Waals surface area contributed by atoms with Crippen molar-refractivity contribution in [1.82, 2.24) is 15.7 Å². The fraction of sp³-hybridized carbons (Fsp3) is 0.429. The second kappa shape index (κ2) is 10.6. The second-order valence-electron chi connectivity index (χ2n) is 6.92. The zero-order chi connectivity index (χ0) is 21.4. The Balaban J connectivity index is 1.90. The van der Waals surface area contributed by atoms with Gasteiger partial charge in [0.1, 0.15) is 12.7 Å². The Morgan fingerprint density at radius 3 is 2.45 bits per heavy atom. The van der Waals surface area contributed by atoms with Crippen LogP contribution in [0.1, 0.15) is 29.8 Å². The Labute approximate surface area is 169 Å². The third-order valence-corrected chi connectivity index (χ3v) is 4.61. The molecule has 0 bridgehead atoms. The maximum absolute atomic E-state index is 12.5. The lowest BCUT2D eigenvalue weighted by atomic mass is 9.99. The van der Waals surface area contributed by atoms with Crippen molar-refractivity contribution in [2.75, 3.05) is 19.8 Å². The maximum Gasteiger partial charge on any atom is 0.268 e. The number of rotatable bonds is 6. The SMILES string of the molecule is CC(CF)N1CC(C#CC#Cc2ccc(C(=O)N[C@H](C(=O)NO)[C@@H](C)O)cc2)C1. The molecule has 29 heavy (non-hydrogen) atoms. The van der Waals surface area contributed by atoms with Gasteiger partial charge in [-0.3, -0.25) is 19.7 Å². The number of likely N-dealkylation sites (tertiary alicyclic amines) is 1. The first-order valence-electron chi connectivity index (χ1n) is 9.20. The van der Waals surface area contributed by atoms with Gasteiger partial charge < -0.3 is 10.4 Å². The van der Waals surface area contributed by atoms with Gasteiger partial charge in [0.2, 0.25) is 0 Å². The van der Waals surface area contributed by atoms with Crippen LogP contribution in [0.15, 0.2) is 24.3 Å². The molecular weight excluding hydrogens is 377 g/mol. The summed E-state index contributed by atoms with van der Waals surface area (Å²) in [5.41, 5.74) is 2.34. The molecule has 0 spiro atoms. The number of carbonyl (C=O) groups excluding carboxylic acids is 2. The maximum atomic E-state index is 12.5. The number of halogens is 1. The summed E-state index contributed by atoms with van der Waals surface area (Å²) in [5, 5.41) is 20.6. The van der Waals surface area contributed by atoms with Gasteiger partial charge in [-0.15, -0.1) is 0 Å². The molecule has 4 N–H and O–H groups in total. The lowest BCUT2D eigenvalue weighted by Crippen LogP contribution is -2.51. The fourth-order valence-corrected chi connectivity index (χ4v) is 2.71. The van der Waals surface area contributed by atoms with Crippen LogP contribution in [0.2, 0.25) is 0 Å². The minimum Gasteiger partial charge on any atom is -0.391 e. The van der Waals surface area contributed by atoms with E-state index < -0.39 is 24.0 Å². The van der Waals surface area contributed by atoms with Gasteiger partial charge in [-0.25, -0.2) is 9.87 Å². The molecule has 3 atom stereocenters. The molecule has 0 aliphatic carbocycles. The van der Waals surface area contributed by atoms with Crippen LogP contribution in [-0.4, -0.2) is 65.0 Å². The van der Waals surface area contributed by atoms with Crippen LogP contribution in [0.5, 0.6) is 0 Å². The molecule has 1 aromatic rings. The smallest absolute Gasteiger partial charge is 0.268 e. The van der Waals surface area contributed by atoms with Crippen LogP contribution >= 0.6 is 0 Å². The van der Waals surface area contributed by atoms with Gasteiger partial charge >= 0.3 is 0 Å². The van der Waals surface area contributed by atoms with Gasteiger partial charge in [-0.2, -0.15) is 0 Å². The number of benzene rings is 1. The minimum atomic E-state index is -1.28. The molecule has 1 aliphatic rings. The zero-order valence-electron chi connectivity index (χ0n) is 16.3. The average Bonchev–Trinajstić information content (AvgIpc) is 2.69. The number of amides is 2. The molecule has 0 saturated carbocycles. The van der Waals surface area contributed by atoms with Gasteiger partial charge in [0.15, 0.2) is 0 Å². The monoisotopic (exact) mass is 401 g/mol. The molecule has 1 fully saturated rings. The highest BCUT2D eigenvalue weighted by molar-refractivity contribution is 5.97. The molecule has 1 unspecified atom stereocenters. The van der Waals surface area contributed by atoms with Crippen LogP contribution < -0.4 is 10.8 Å². The first kappa shape index (κ1) is 22.4. The van der Waals surface area contributed by atoms with Crippen LogP contribution in [0.25, 0.3) is 0 Å². The summed E-state index contributed by atoms with van der Waals surface area (Å²) >= 11 is 0. The largest absolute Gasteiger partial charge is 0.391 e. The number of aliphatic hydroxyl groups is 1. The van der Waals surface area contributed by atoms with E-state index in [1.165, 1.54) is 24.5 Å². The fourth-order valence-electron chi connectivity index (χ4n) is 2.71. The first-order valence-corrected chi connectivity index (χ1v) is 9.20. The third-order valence-electron chi connectivity index (χ3n) is 4.61. The molecule has 8 heteroatoms. The van der Waals surface area contributed by atoms with Crippen molar-refractivity contribution in [2.45, 2.75) is 32.0 Å². The van der Waals surface area contributed by atoms with Gasteiger partial charge in [0.05, 0.1) is 6.10 Å². The molecule has 1 aromatic carbocycles. The Bertz CT molecular complexity index is 843. The van der Waals surface area contributed by atoms with Crippen LogP contribution in [-0.2, 0) is 4.79 Å². The molecule has 7 nitrogen and oxygen atoms in total. The van der Waals surface area contributed by atoms with Crippen molar-refractivity contribution >= 4 is 11.8 Å². The highest BCUT2D eigenvalue weighted by atomic mass is 19.1. The highest BCUT2D eigenvalue weighted by Gasteiger charge is 2.28. The van der Waals surface area contributed by atoms with E-state index >= 15 is 0 Å². The number of hydrogen-bond acceptors (Lipinski definition) is 5. The number of hydroxylamine groups is 1. The van der Waals surface area contributed by atoms with Crippen molar-refractivity contribution < 1.29 is 24.3 Å². The van der Waals surface area contributed by atoms with E-state index in [-0.39, 0.29) is 24.2 Å². The lowest BCUT2D eigenvalue weighted by Gasteiger charge is -2.39. The van der Waals surface area contributed by atoms with Crippen molar-refractivity contribution in [3.8, 4) is 23.7 Å². The van der Waals surface area contributed by atoms with Gasteiger partial charge in [0, 0.05) is 36.2 Å². The molecule has 1 saturated heterocycles. The zero-order valence-corrected chi connectivity index (χ0v) is 16.3. The topological polar surface area (TPSA) is 102 Å². The molecular formula is C21H24FN3O4. The molecule has 1 aliphatic heterocycles. The summed E-state index contributed by atoms with van der Waals surface area (Å²) in [7, 11) is 0. The summed E-state index contributed by atoms with van der Waals surface area (Å²) in [4.78, 5) is 25.7. The van der Waals surface area contributed by atoms with E-state index in [0.29, 0.717) is 5.56 Å². The average molecular weight is 401 g/mol. The van der Waals surface area contributed by atoms with Gasteiger partial charge in [-0.1, -0.05) is 11.8 Å². The number of aliphatic hydroxyl groups excluding tert-OH is 1. The normalized spacial score (nSPS) is 16.7. The summed E-state index contributed by atoms with van der Waals surface area (Å²) in [5.74, 6) is 10.2. The van der Waals surface area contributed by atoms with Crippen molar-refractivity contribution in [3.63, 3.8) is 0 Å². The van der Waals surface area contributed by atoms with Gasteiger partial charge in [-0.05, 0) is 50.0 Å². The Morgan fingerprint density at radius 1 is 1.24 bits per heavy atom. The standard InChI is InChI=1S/C21H24FN3O4/c1-14(11-22)25-12-17(13-25)6-4-3-5-16-7-9-18(10-8-16)20(27)23-19(15(2)26)21(28)24-29/h7-10,14-15,17,19,26,29H,11-13H2,1-2H3,(H,23,27)(H,24,28)/t14?,15-,19+/m1/s1. The number of hydrogen-bond donors (Lipinski definition) is 4. The Morgan fingerprint density at radius 2 is 1.90 bits per heavy atom. The number of nitrogens with one attached hydrogen (secondary N) is 2. The van der Waals surface area contributed by atoms with E-state index in [9.17, 15) is 19.1 Å². The number of alkyl halides is 1. The van der Waals surface area contributed by atoms with Crippen molar-refractivity contribution in [2.24, 2.45) is 5.92 Å². The second-order valence-corrected chi connectivity index (χ2v) is 6.92. The first-order chi connectivity index (χ1) is 13.8. The number of nitrogens with zero attached hydrogens (tertiary/aromatic N) is 1. The van der Waals surface area contributed by atoms with Crippen molar-refractivity contribution in [1.29, 1.82) is 0 Å². The summed E-state index contributed by atoms with van der Waals surface area (Å²) in [6.45, 7) is 4.32. The van der Waals surface area contributed by atoms with Crippen LogP contribution in [0.4, 0.5) is 4.39 Å². The molecule has 0 radical (unpaired) electrons. The quantitative estimate of drug-likeness (QED) is 0.312. The molecule has 154 valence electrons. The molecule has 2 rings (SSSR count). The Kier molecular flexibility index (Phi) is 8.17. The third kappa shape index (κ3) is 6.30. The van der Waals surface area contributed by atoms with E-state index in [1.54, 1.807) is 12.1 Å². The summed E-state index contributed by atoms with van der Waals surface area (Å²) in [6, 6.07) is 5.00. The van der Waals surface area contributed by atoms with E-state index in [1.807, 2.05) is 11.8 Å². The summed E-state index contributed by atoms with van der Waals surface area (Å²) < 4.78 is 12.5. The van der Waals surface area contributed by atoms with Crippen LogP contribution in [0, 0.1) is 29.6 Å². The van der Waals surface area contributed by atoms with E-state index in [0.717, 1.165) is 13.1 Å². The molecule has 1 heterocycles. The van der Waals surface area contributed by atoms with E-state index in [4.69, 9.17) is 5.21 Å². The molecule has 0 aromatic heterocycles. The van der Waals surface area contributed by atoms with Crippen LogP contribution in [0.3, 0.4) is 0 Å². The van der Waals surface area contributed by atoms with Crippen molar-refractivity contribution in [3.05, 3.63) is 35.4 Å². The lowest BCUT2D eigenvalue weighted by molar-refractivity contribution is -0.133. The van der Waals surface area contributed by atoms with E-state index in [2.05, 4.69) is 29.0 Å². The minimum absolute atomic E-state index is 0.0660. The van der Waals surface area contributed by atoms with Gasteiger partial charge in [0.25, 0.3) is 11.8 Å².